The molecule has 3 aliphatic rings. The summed E-state index contributed by atoms with van der Waals surface area (Å²) in [5.41, 5.74) is 0. The molecule has 0 saturated carbocycles. The fourth-order valence-electron chi connectivity index (χ4n) is 3.58. The minimum Gasteiger partial charge on any atom is -0.345 e. The van der Waals surface area contributed by atoms with Crippen molar-refractivity contribution in [1.29, 1.82) is 0 Å². The van der Waals surface area contributed by atoms with Gasteiger partial charge < -0.3 is 4.90 Å². The van der Waals surface area contributed by atoms with Gasteiger partial charge in [-0.2, -0.15) is 0 Å². The third-order valence-corrected chi connectivity index (χ3v) is 5.57. The maximum atomic E-state index is 4.44. The largest absolute Gasteiger partial charge is 0.345 e. The summed E-state index contributed by atoms with van der Waals surface area (Å²) in [4.78, 5) is 5.22. The molecule has 5 heteroatoms. The molecular weight excluding hydrogens is 268 g/mol. The first kappa shape index (κ1) is 14.3. The summed E-state index contributed by atoms with van der Waals surface area (Å²) in [6, 6.07) is 0.729. The van der Waals surface area contributed by atoms with Crippen LogP contribution in [0.1, 0.15) is 44.5 Å². The molecule has 2 atom stereocenters. The molecule has 1 aromatic heterocycles. The Kier molecular flexibility index (Phi) is 4.56. The minimum absolute atomic E-state index is 0.729. The molecule has 112 valence electrons. The van der Waals surface area contributed by atoms with Crippen LogP contribution in [0.3, 0.4) is 0 Å². The summed E-state index contributed by atoms with van der Waals surface area (Å²) < 4.78 is 0. The van der Waals surface area contributed by atoms with E-state index >= 15 is 0 Å². The van der Waals surface area contributed by atoms with E-state index in [1.807, 2.05) is 0 Å². The molecule has 4 nitrogen and oxygen atoms in total. The average Bonchev–Trinajstić information content (AvgIpc) is 2.72. The summed E-state index contributed by atoms with van der Waals surface area (Å²) >= 11 is 1.80. The van der Waals surface area contributed by atoms with Crippen LogP contribution in [0.15, 0.2) is 0 Å². The Labute approximate surface area is 126 Å². The minimum atomic E-state index is 0.729. The van der Waals surface area contributed by atoms with Crippen molar-refractivity contribution in [1.82, 2.24) is 15.1 Å². The predicted octanol–water partition coefficient (Wildman–Crippen LogP) is 2.80. The number of hydrogen-bond acceptors (Lipinski definition) is 5. The Balaban J connectivity index is 1.71. The Hall–Kier alpha value is -0.680. The number of anilines is 1. The van der Waals surface area contributed by atoms with Crippen LogP contribution in [0.5, 0.6) is 0 Å². The van der Waals surface area contributed by atoms with Crippen molar-refractivity contribution < 1.29 is 0 Å². The zero-order valence-corrected chi connectivity index (χ0v) is 13.5. The lowest BCUT2D eigenvalue weighted by Crippen LogP contribution is -2.44. The second kappa shape index (κ2) is 6.39. The zero-order valence-electron chi connectivity index (χ0n) is 12.7. The topological polar surface area (TPSA) is 32.3 Å². The first-order valence-corrected chi connectivity index (χ1v) is 8.93. The van der Waals surface area contributed by atoms with Crippen LogP contribution in [-0.2, 0) is 6.42 Å². The van der Waals surface area contributed by atoms with E-state index in [0.29, 0.717) is 0 Å². The molecule has 0 radical (unpaired) electrons. The van der Waals surface area contributed by atoms with Crippen LogP contribution in [-0.4, -0.2) is 47.3 Å². The van der Waals surface area contributed by atoms with Gasteiger partial charge in [-0.1, -0.05) is 25.2 Å². The molecule has 4 rings (SSSR count). The monoisotopic (exact) mass is 294 g/mol. The molecule has 3 fully saturated rings. The van der Waals surface area contributed by atoms with Gasteiger partial charge in [-0.25, -0.2) is 0 Å². The van der Waals surface area contributed by atoms with Crippen LogP contribution in [0.4, 0.5) is 5.13 Å². The van der Waals surface area contributed by atoms with Crippen LogP contribution in [0, 0.1) is 5.92 Å². The number of hydrogen-bond donors (Lipinski definition) is 0. The number of aryl methyl sites for hydroxylation is 1. The van der Waals surface area contributed by atoms with E-state index in [4.69, 9.17) is 0 Å². The van der Waals surface area contributed by atoms with E-state index < -0.39 is 0 Å². The van der Waals surface area contributed by atoms with Crippen molar-refractivity contribution in [3.8, 4) is 0 Å². The second-order valence-corrected chi connectivity index (χ2v) is 7.27. The Morgan fingerprint density at radius 2 is 2.00 bits per heavy atom. The number of rotatable bonds is 5. The van der Waals surface area contributed by atoms with Gasteiger partial charge in [-0.05, 0) is 38.1 Å². The Morgan fingerprint density at radius 1 is 1.10 bits per heavy atom. The third-order valence-electron chi connectivity index (χ3n) is 4.53. The standard InChI is InChI=1S/C15H26N4S/c1-3-5-14-16-17-15(20-14)19-10-12-6-7-13(11-19)18(9-12)8-4-2/h12-13H,3-11H2,1-2H3/t12-,13-/m1/s1. The van der Waals surface area contributed by atoms with Crippen molar-refractivity contribution in [2.75, 3.05) is 31.1 Å². The molecule has 0 aromatic carbocycles. The number of piperidine rings is 1. The molecule has 0 N–H and O–H groups in total. The maximum absolute atomic E-state index is 4.44. The van der Waals surface area contributed by atoms with E-state index in [0.717, 1.165) is 36.5 Å². The summed E-state index contributed by atoms with van der Waals surface area (Å²) in [6.45, 7) is 9.37. The highest BCUT2D eigenvalue weighted by molar-refractivity contribution is 7.15. The lowest BCUT2D eigenvalue weighted by Gasteiger charge is -2.35. The van der Waals surface area contributed by atoms with Gasteiger partial charge in [0.1, 0.15) is 5.01 Å². The smallest absolute Gasteiger partial charge is 0.208 e. The van der Waals surface area contributed by atoms with Gasteiger partial charge in [-0.15, -0.1) is 10.2 Å². The molecule has 0 amide bonds. The van der Waals surface area contributed by atoms with Gasteiger partial charge in [0.15, 0.2) is 0 Å². The zero-order chi connectivity index (χ0) is 13.9. The maximum Gasteiger partial charge on any atom is 0.208 e. The van der Waals surface area contributed by atoms with Crippen LogP contribution in [0.2, 0.25) is 0 Å². The van der Waals surface area contributed by atoms with Gasteiger partial charge in [0.05, 0.1) is 0 Å². The summed E-state index contributed by atoms with van der Waals surface area (Å²) in [7, 11) is 0. The van der Waals surface area contributed by atoms with Gasteiger partial charge in [0, 0.05) is 32.1 Å². The predicted molar refractivity (Wildman–Crippen MR) is 84.5 cm³/mol. The highest BCUT2D eigenvalue weighted by Crippen LogP contribution is 2.32. The average molecular weight is 294 g/mol. The first-order valence-electron chi connectivity index (χ1n) is 8.11. The lowest BCUT2D eigenvalue weighted by molar-refractivity contribution is 0.134. The van der Waals surface area contributed by atoms with Crippen LogP contribution < -0.4 is 4.90 Å². The normalized spacial score (nSPS) is 27.0. The Bertz CT molecular complexity index is 433. The van der Waals surface area contributed by atoms with Crippen LogP contribution in [0.25, 0.3) is 0 Å². The summed E-state index contributed by atoms with van der Waals surface area (Å²) in [5, 5.41) is 11.1. The molecule has 20 heavy (non-hydrogen) atoms. The molecule has 0 aliphatic carbocycles. The van der Waals surface area contributed by atoms with Crippen molar-refractivity contribution in [3.05, 3.63) is 5.01 Å². The van der Waals surface area contributed by atoms with E-state index in [1.54, 1.807) is 11.3 Å². The highest BCUT2D eigenvalue weighted by atomic mass is 32.1. The van der Waals surface area contributed by atoms with Crippen molar-refractivity contribution in [2.45, 2.75) is 52.0 Å². The quantitative estimate of drug-likeness (QED) is 0.836. The first-order chi connectivity index (χ1) is 9.80. The fourth-order valence-corrected chi connectivity index (χ4v) is 4.54. The molecule has 3 saturated heterocycles. The molecule has 2 bridgehead atoms. The van der Waals surface area contributed by atoms with Gasteiger partial charge >= 0.3 is 0 Å². The molecule has 0 unspecified atom stereocenters. The van der Waals surface area contributed by atoms with Gasteiger partial charge in [0.2, 0.25) is 5.13 Å². The lowest BCUT2D eigenvalue weighted by atomic mass is 9.95. The van der Waals surface area contributed by atoms with Crippen molar-refractivity contribution in [2.24, 2.45) is 5.92 Å². The molecule has 0 spiro atoms. The van der Waals surface area contributed by atoms with Gasteiger partial charge in [-0.3, -0.25) is 4.90 Å². The van der Waals surface area contributed by atoms with E-state index in [2.05, 4.69) is 33.8 Å². The Morgan fingerprint density at radius 3 is 2.80 bits per heavy atom. The molecule has 1 aromatic rings. The van der Waals surface area contributed by atoms with E-state index in [1.165, 1.54) is 43.9 Å². The van der Waals surface area contributed by atoms with Gasteiger partial charge in [0.25, 0.3) is 0 Å². The van der Waals surface area contributed by atoms with Crippen molar-refractivity contribution in [3.63, 3.8) is 0 Å². The second-order valence-electron chi connectivity index (χ2n) is 6.23. The molecular formula is C15H26N4S. The SMILES string of the molecule is CCCc1nnc(N2C[C@@H]3CC[C@H](C2)N(CCC)C3)s1. The molecule has 3 aliphatic heterocycles. The number of nitrogens with zero attached hydrogens (tertiary/aromatic N) is 4. The summed E-state index contributed by atoms with van der Waals surface area (Å²) in [6.07, 6.45) is 6.25. The fraction of sp³-hybridized carbons (Fsp3) is 0.867. The third kappa shape index (κ3) is 2.98. The van der Waals surface area contributed by atoms with E-state index in [9.17, 15) is 0 Å². The number of aromatic nitrogens is 2. The van der Waals surface area contributed by atoms with Crippen LogP contribution >= 0.6 is 11.3 Å². The number of fused-ring (bicyclic) bond motifs is 4. The molecule has 4 heterocycles. The van der Waals surface area contributed by atoms with E-state index in [-0.39, 0.29) is 0 Å². The van der Waals surface area contributed by atoms with Crippen molar-refractivity contribution >= 4 is 16.5 Å². The highest BCUT2D eigenvalue weighted by Gasteiger charge is 2.35. The summed E-state index contributed by atoms with van der Waals surface area (Å²) in [5.74, 6) is 0.818.